The Kier molecular flexibility index (Phi) is 6.36. The number of para-hydroxylation sites is 1. The van der Waals surface area contributed by atoms with Crippen molar-refractivity contribution in [3.8, 4) is 11.5 Å². The fraction of sp³-hybridized carbons (Fsp3) is 0.200. The quantitative estimate of drug-likeness (QED) is 0.429. The van der Waals surface area contributed by atoms with Crippen molar-refractivity contribution in [2.75, 3.05) is 12.3 Å². The van der Waals surface area contributed by atoms with Crippen LogP contribution in [0.2, 0.25) is 0 Å². The molecule has 2 rings (SSSR count). The van der Waals surface area contributed by atoms with E-state index >= 15 is 0 Å². The lowest BCUT2D eigenvalue weighted by Gasteiger charge is -2.00. The van der Waals surface area contributed by atoms with Crippen molar-refractivity contribution in [2.24, 2.45) is 5.73 Å². The van der Waals surface area contributed by atoms with Crippen LogP contribution < -0.4 is 11.5 Å². The highest BCUT2D eigenvalue weighted by molar-refractivity contribution is 5.46. The van der Waals surface area contributed by atoms with Crippen LogP contribution >= 0.6 is 0 Å². The van der Waals surface area contributed by atoms with Crippen molar-refractivity contribution in [1.29, 1.82) is 0 Å². The summed E-state index contributed by atoms with van der Waals surface area (Å²) in [7, 11) is 0. The number of aromatic hydroxyl groups is 2. The summed E-state index contributed by atoms with van der Waals surface area (Å²) in [6.07, 6.45) is 0.646. The van der Waals surface area contributed by atoms with Gasteiger partial charge in [0, 0.05) is 18.8 Å². The van der Waals surface area contributed by atoms with Gasteiger partial charge in [-0.25, -0.2) is 0 Å². The molecule has 5 nitrogen and oxygen atoms in total. The predicted octanol–water partition coefficient (Wildman–Crippen LogP) is 1.36. The van der Waals surface area contributed by atoms with E-state index in [-0.39, 0.29) is 18.1 Å². The van der Waals surface area contributed by atoms with Crippen LogP contribution in [0.3, 0.4) is 0 Å². The van der Waals surface area contributed by atoms with E-state index in [1.807, 2.05) is 24.3 Å². The highest BCUT2D eigenvalue weighted by Crippen LogP contribution is 2.24. The van der Waals surface area contributed by atoms with E-state index < -0.39 is 0 Å². The molecular formula is C15H20N2O3. The number of phenols is 2. The lowest BCUT2D eigenvalue weighted by atomic mass is 10.1. The van der Waals surface area contributed by atoms with Crippen LogP contribution in [-0.2, 0) is 13.0 Å². The molecule has 0 spiro atoms. The third kappa shape index (κ3) is 4.79. The van der Waals surface area contributed by atoms with E-state index in [1.54, 1.807) is 6.07 Å². The number of phenolic OH excluding ortho intramolecular Hbond substituents is 2. The Morgan fingerprint density at radius 1 is 0.950 bits per heavy atom. The van der Waals surface area contributed by atoms with Crippen LogP contribution in [0, 0.1) is 0 Å². The third-order valence-corrected chi connectivity index (χ3v) is 2.71. The molecule has 0 aliphatic rings. The highest BCUT2D eigenvalue weighted by Gasteiger charge is 1.97. The molecule has 0 aliphatic carbocycles. The topological polar surface area (TPSA) is 113 Å². The maximum absolute atomic E-state index is 8.93. The minimum Gasteiger partial charge on any atom is -0.504 e. The van der Waals surface area contributed by atoms with Gasteiger partial charge < -0.3 is 26.8 Å². The fourth-order valence-electron chi connectivity index (χ4n) is 1.58. The molecule has 0 bridgehead atoms. The predicted molar refractivity (Wildman–Crippen MR) is 79.3 cm³/mol. The molecule has 0 atom stereocenters. The molecule has 0 aromatic heterocycles. The minimum absolute atomic E-state index is 0.114. The van der Waals surface area contributed by atoms with Crippen LogP contribution in [0.1, 0.15) is 11.1 Å². The summed E-state index contributed by atoms with van der Waals surface area (Å²) < 4.78 is 0. The summed E-state index contributed by atoms with van der Waals surface area (Å²) in [5, 5.41) is 26.4. The highest BCUT2D eigenvalue weighted by atomic mass is 16.3. The monoisotopic (exact) mass is 276 g/mol. The lowest BCUT2D eigenvalue weighted by molar-refractivity contribution is 0.300. The molecule has 0 saturated heterocycles. The van der Waals surface area contributed by atoms with Crippen molar-refractivity contribution in [3.63, 3.8) is 0 Å². The molecule has 0 fully saturated rings. The molecule has 20 heavy (non-hydrogen) atoms. The van der Waals surface area contributed by atoms with Gasteiger partial charge in [0.1, 0.15) is 0 Å². The number of aliphatic hydroxyl groups is 1. The van der Waals surface area contributed by atoms with Gasteiger partial charge in [-0.05, 0) is 35.7 Å². The van der Waals surface area contributed by atoms with E-state index in [2.05, 4.69) is 0 Å². The first-order chi connectivity index (χ1) is 9.58. The molecule has 0 unspecified atom stereocenters. The minimum atomic E-state index is -0.122. The van der Waals surface area contributed by atoms with Gasteiger partial charge in [-0.3, -0.25) is 0 Å². The maximum atomic E-state index is 8.93. The average molecular weight is 276 g/mol. The Balaban J connectivity index is 0.000000200. The first-order valence-corrected chi connectivity index (χ1v) is 6.23. The standard InChI is InChI=1S/C8H11NO.C7H9NO2/c9-8-4-2-1-3-7(8)5-6-10;8-4-5-1-2-6(9)7(10)3-5/h1-4,10H,5-6,9H2;1-3,9-10H,4,8H2. The van der Waals surface area contributed by atoms with Crippen LogP contribution in [0.15, 0.2) is 42.5 Å². The number of aliphatic hydroxyl groups excluding tert-OH is 1. The zero-order valence-electron chi connectivity index (χ0n) is 11.2. The number of anilines is 1. The van der Waals surface area contributed by atoms with E-state index in [4.69, 9.17) is 26.8 Å². The fourth-order valence-corrected chi connectivity index (χ4v) is 1.58. The zero-order chi connectivity index (χ0) is 15.0. The third-order valence-electron chi connectivity index (χ3n) is 2.71. The van der Waals surface area contributed by atoms with Gasteiger partial charge in [-0.2, -0.15) is 0 Å². The smallest absolute Gasteiger partial charge is 0.157 e. The molecule has 0 amide bonds. The first-order valence-electron chi connectivity index (χ1n) is 6.23. The van der Waals surface area contributed by atoms with Crippen LogP contribution in [-0.4, -0.2) is 21.9 Å². The molecule has 0 aliphatic heterocycles. The van der Waals surface area contributed by atoms with E-state index in [9.17, 15) is 0 Å². The normalized spacial score (nSPS) is 9.70. The summed E-state index contributed by atoms with van der Waals surface area (Å²) in [6.45, 7) is 0.530. The van der Waals surface area contributed by atoms with E-state index in [0.717, 1.165) is 16.8 Å². The van der Waals surface area contributed by atoms with Crippen molar-refractivity contribution >= 4 is 5.69 Å². The van der Waals surface area contributed by atoms with E-state index in [0.29, 0.717) is 13.0 Å². The second kappa shape index (κ2) is 8.04. The first kappa shape index (κ1) is 15.8. The molecule has 0 radical (unpaired) electrons. The van der Waals surface area contributed by atoms with Crippen molar-refractivity contribution in [3.05, 3.63) is 53.6 Å². The number of hydrogen-bond donors (Lipinski definition) is 5. The second-order valence-electron chi connectivity index (χ2n) is 4.20. The Morgan fingerprint density at radius 2 is 1.65 bits per heavy atom. The SMILES string of the molecule is NCc1ccc(O)c(O)c1.Nc1ccccc1CCO. The number of benzene rings is 2. The largest absolute Gasteiger partial charge is 0.504 e. The summed E-state index contributed by atoms with van der Waals surface area (Å²) in [4.78, 5) is 0. The van der Waals surface area contributed by atoms with Gasteiger partial charge in [0.2, 0.25) is 0 Å². The average Bonchev–Trinajstić information content (AvgIpc) is 2.45. The summed E-state index contributed by atoms with van der Waals surface area (Å²) in [5.41, 5.74) is 13.5. The summed E-state index contributed by atoms with van der Waals surface area (Å²) in [6, 6.07) is 12.1. The molecule has 0 heterocycles. The molecular weight excluding hydrogens is 256 g/mol. The van der Waals surface area contributed by atoms with Gasteiger partial charge in [0.15, 0.2) is 11.5 Å². The number of hydrogen-bond acceptors (Lipinski definition) is 5. The Labute approximate surface area is 118 Å². The van der Waals surface area contributed by atoms with Gasteiger partial charge in [0.25, 0.3) is 0 Å². The Hall–Kier alpha value is -2.24. The lowest BCUT2D eigenvalue weighted by Crippen LogP contribution is -1.96. The van der Waals surface area contributed by atoms with Gasteiger partial charge in [-0.1, -0.05) is 24.3 Å². The maximum Gasteiger partial charge on any atom is 0.157 e. The number of rotatable bonds is 3. The van der Waals surface area contributed by atoms with Crippen LogP contribution in [0.4, 0.5) is 5.69 Å². The molecule has 7 N–H and O–H groups in total. The summed E-state index contributed by atoms with van der Waals surface area (Å²) in [5.74, 6) is -0.236. The zero-order valence-corrected chi connectivity index (χ0v) is 11.2. The van der Waals surface area contributed by atoms with Crippen LogP contribution in [0.5, 0.6) is 11.5 Å². The van der Waals surface area contributed by atoms with Crippen molar-refractivity contribution < 1.29 is 15.3 Å². The van der Waals surface area contributed by atoms with Crippen molar-refractivity contribution in [2.45, 2.75) is 13.0 Å². The molecule has 0 saturated carbocycles. The molecule has 2 aromatic rings. The van der Waals surface area contributed by atoms with Gasteiger partial charge in [0.05, 0.1) is 0 Å². The Morgan fingerprint density at radius 3 is 2.20 bits per heavy atom. The Bertz CT molecular complexity index is 544. The van der Waals surface area contributed by atoms with Gasteiger partial charge >= 0.3 is 0 Å². The second-order valence-corrected chi connectivity index (χ2v) is 4.20. The summed E-state index contributed by atoms with van der Waals surface area (Å²) >= 11 is 0. The molecule has 5 heteroatoms. The molecule has 108 valence electrons. The van der Waals surface area contributed by atoms with Crippen LogP contribution in [0.25, 0.3) is 0 Å². The van der Waals surface area contributed by atoms with E-state index in [1.165, 1.54) is 12.1 Å². The number of nitrogen functional groups attached to an aromatic ring is 1. The van der Waals surface area contributed by atoms with Crippen molar-refractivity contribution in [1.82, 2.24) is 0 Å². The number of nitrogens with two attached hydrogens (primary N) is 2. The molecule has 2 aromatic carbocycles. The van der Waals surface area contributed by atoms with Gasteiger partial charge in [-0.15, -0.1) is 0 Å².